The van der Waals surface area contributed by atoms with Gasteiger partial charge in [-0.15, -0.1) is 0 Å². The SMILES string of the molecule is COc1ccc2cccnc2c1CC1=CC(=O)N(c2ccc(C)cc2)C1=O. The molecule has 2 aromatic carbocycles. The molecule has 0 saturated heterocycles. The molecular weight excluding hydrogens is 340 g/mol. The van der Waals surface area contributed by atoms with Crippen molar-refractivity contribution in [1.29, 1.82) is 0 Å². The summed E-state index contributed by atoms with van der Waals surface area (Å²) in [5, 5.41) is 0.959. The van der Waals surface area contributed by atoms with Crippen LogP contribution in [0.25, 0.3) is 10.9 Å². The molecule has 3 aromatic rings. The maximum absolute atomic E-state index is 12.9. The average molecular weight is 358 g/mol. The van der Waals surface area contributed by atoms with Gasteiger partial charge in [-0.1, -0.05) is 23.8 Å². The van der Waals surface area contributed by atoms with E-state index in [-0.39, 0.29) is 18.2 Å². The van der Waals surface area contributed by atoms with Crippen LogP contribution in [0.2, 0.25) is 0 Å². The number of benzene rings is 2. The number of pyridine rings is 1. The molecule has 0 bridgehead atoms. The number of carbonyl (C=O) groups excluding carboxylic acids is 2. The minimum absolute atomic E-state index is 0.282. The zero-order chi connectivity index (χ0) is 19.0. The first kappa shape index (κ1) is 17.0. The zero-order valence-electron chi connectivity index (χ0n) is 15.1. The monoisotopic (exact) mass is 358 g/mol. The predicted octanol–water partition coefficient (Wildman–Crippen LogP) is 3.59. The molecule has 2 amide bonds. The van der Waals surface area contributed by atoms with Crippen LogP contribution < -0.4 is 9.64 Å². The number of hydrogen-bond acceptors (Lipinski definition) is 4. The van der Waals surface area contributed by atoms with Gasteiger partial charge in [-0.05, 0) is 37.3 Å². The van der Waals surface area contributed by atoms with Gasteiger partial charge in [0.1, 0.15) is 5.75 Å². The third-order valence-corrected chi connectivity index (χ3v) is 4.71. The van der Waals surface area contributed by atoms with Crippen molar-refractivity contribution < 1.29 is 14.3 Å². The van der Waals surface area contributed by atoms with Crippen LogP contribution in [0.5, 0.6) is 5.75 Å². The fourth-order valence-electron chi connectivity index (χ4n) is 3.32. The molecule has 0 fully saturated rings. The summed E-state index contributed by atoms with van der Waals surface area (Å²) >= 11 is 0. The third-order valence-electron chi connectivity index (χ3n) is 4.71. The van der Waals surface area contributed by atoms with Crippen LogP contribution in [0.1, 0.15) is 11.1 Å². The molecule has 1 aliphatic heterocycles. The Morgan fingerprint density at radius 1 is 1.04 bits per heavy atom. The lowest BCUT2D eigenvalue weighted by atomic mass is 10.0. The number of anilines is 1. The molecular formula is C22H18N2O3. The van der Waals surface area contributed by atoms with E-state index in [0.29, 0.717) is 17.0 Å². The second-order valence-electron chi connectivity index (χ2n) is 6.48. The van der Waals surface area contributed by atoms with Gasteiger partial charge in [0.25, 0.3) is 11.8 Å². The molecule has 5 heteroatoms. The molecule has 1 aliphatic rings. The van der Waals surface area contributed by atoms with Gasteiger partial charge < -0.3 is 4.74 Å². The maximum Gasteiger partial charge on any atom is 0.261 e. The normalized spacial score (nSPS) is 14.0. The Morgan fingerprint density at radius 3 is 2.56 bits per heavy atom. The second kappa shape index (κ2) is 6.68. The molecule has 0 aliphatic carbocycles. The first-order chi connectivity index (χ1) is 13.1. The van der Waals surface area contributed by atoms with Crippen LogP contribution in [0.15, 0.2) is 66.4 Å². The summed E-state index contributed by atoms with van der Waals surface area (Å²) in [5.74, 6) is 0.0148. The van der Waals surface area contributed by atoms with Crippen molar-refractivity contribution in [3.63, 3.8) is 0 Å². The predicted molar refractivity (Wildman–Crippen MR) is 104 cm³/mol. The van der Waals surface area contributed by atoms with E-state index < -0.39 is 0 Å². The number of fused-ring (bicyclic) bond motifs is 1. The van der Waals surface area contributed by atoms with Crippen molar-refractivity contribution in [2.24, 2.45) is 0 Å². The highest BCUT2D eigenvalue weighted by Crippen LogP contribution is 2.31. The lowest BCUT2D eigenvalue weighted by molar-refractivity contribution is -0.120. The fourth-order valence-corrected chi connectivity index (χ4v) is 3.32. The molecule has 0 spiro atoms. The van der Waals surface area contributed by atoms with Gasteiger partial charge in [-0.25, -0.2) is 4.90 Å². The van der Waals surface area contributed by atoms with Crippen molar-refractivity contribution in [2.75, 3.05) is 12.0 Å². The molecule has 5 nitrogen and oxygen atoms in total. The highest BCUT2D eigenvalue weighted by Gasteiger charge is 2.33. The first-order valence-corrected chi connectivity index (χ1v) is 8.65. The van der Waals surface area contributed by atoms with E-state index in [2.05, 4.69) is 4.98 Å². The Hall–Kier alpha value is -3.47. The number of imide groups is 1. The summed E-state index contributed by atoms with van der Waals surface area (Å²) in [6.45, 7) is 1.96. The van der Waals surface area contributed by atoms with Gasteiger partial charge in [0.05, 0.1) is 18.3 Å². The number of ether oxygens (including phenoxy) is 1. The molecule has 0 unspecified atom stereocenters. The second-order valence-corrected chi connectivity index (χ2v) is 6.48. The standard InChI is InChI=1S/C22H18N2O3/c1-14-5-8-17(9-6-14)24-20(25)13-16(22(24)26)12-18-19(27-2)10-7-15-4-3-11-23-21(15)18/h3-11,13H,12H2,1-2H3. The Morgan fingerprint density at radius 2 is 1.81 bits per heavy atom. The number of nitrogens with zero attached hydrogens (tertiary/aromatic N) is 2. The fraction of sp³-hybridized carbons (Fsp3) is 0.136. The quantitative estimate of drug-likeness (QED) is 0.669. The molecule has 4 rings (SSSR count). The van der Waals surface area contributed by atoms with Gasteiger partial charge in [0.2, 0.25) is 0 Å². The van der Waals surface area contributed by atoms with Crippen LogP contribution in [-0.2, 0) is 16.0 Å². The van der Waals surface area contributed by atoms with Gasteiger partial charge in [0, 0.05) is 35.2 Å². The molecule has 0 radical (unpaired) electrons. The van der Waals surface area contributed by atoms with Crippen LogP contribution in [0.3, 0.4) is 0 Å². The van der Waals surface area contributed by atoms with E-state index in [1.54, 1.807) is 25.4 Å². The number of amides is 2. The van der Waals surface area contributed by atoms with Gasteiger partial charge in [0.15, 0.2) is 0 Å². The number of methoxy groups -OCH3 is 1. The maximum atomic E-state index is 12.9. The Kier molecular flexibility index (Phi) is 4.20. The first-order valence-electron chi connectivity index (χ1n) is 8.65. The van der Waals surface area contributed by atoms with E-state index >= 15 is 0 Å². The third kappa shape index (κ3) is 2.97. The Bertz CT molecular complexity index is 1080. The van der Waals surface area contributed by atoms with Crippen molar-refractivity contribution in [1.82, 2.24) is 4.98 Å². The smallest absolute Gasteiger partial charge is 0.261 e. The van der Waals surface area contributed by atoms with Crippen LogP contribution in [0, 0.1) is 6.92 Å². The van der Waals surface area contributed by atoms with E-state index in [1.165, 1.54) is 11.0 Å². The molecule has 27 heavy (non-hydrogen) atoms. The largest absolute Gasteiger partial charge is 0.496 e. The highest BCUT2D eigenvalue weighted by molar-refractivity contribution is 6.30. The molecule has 0 N–H and O–H groups in total. The van der Waals surface area contributed by atoms with Gasteiger partial charge in [-0.3, -0.25) is 14.6 Å². The lowest BCUT2D eigenvalue weighted by Crippen LogP contribution is -2.31. The molecule has 134 valence electrons. The summed E-state index contributed by atoms with van der Waals surface area (Å²) < 4.78 is 5.47. The van der Waals surface area contributed by atoms with Crippen molar-refractivity contribution in [3.8, 4) is 5.75 Å². The van der Waals surface area contributed by atoms with Crippen LogP contribution in [0.4, 0.5) is 5.69 Å². The summed E-state index contributed by atoms with van der Waals surface area (Å²) in [6.07, 6.45) is 3.40. The van der Waals surface area contributed by atoms with Gasteiger partial charge >= 0.3 is 0 Å². The van der Waals surface area contributed by atoms with Crippen molar-refractivity contribution in [3.05, 3.63) is 77.5 Å². The molecule has 0 saturated carbocycles. The Labute approximate surface area is 156 Å². The average Bonchev–Trinajstić information content (AvgIpc) is 2.96. The van der Waals surface area contributed by atoms with Crippen LogP contribution >= 0.6 is 0 Å². The topological polar surface area (TPSA) is 59.5 Å². The molecule has 0 atom stereocenters. The number of hydrogen-bond donors (Lipinski definition) is 0. The minimum atomic E-state index is -0.328. The zero-order valence-corrected chi connectivity index (χ0v) is 15.1. The van der Waals surface area contributed by atoms with Gasteiger partial charge in [-0.2, -0.15) is 0 Å². The summed E-state index contributed by atoms with van der Waals surface area (Å²) in [4.78, 5) is 31.0. The van der Waals surface area contributed by atoms with Crippen molar-refractivity contribution >= 4 is 28.4 Å². The Balaban J connectivity index is 1.71. The highest BCUT2D eigenvalue weighted by atomic mass is 16.5. The number of carbonyl (C=O) groups is 2. The molecule has 1 aromatic heterocycles. The lowest BCUT2D eigenvalue weighted by Gasteiger charge is -2.16. The van der Waals surface area contributed by atoms with E-state index in [9.17, 15) is 9.59 Å². The van der Waals surface area contributed by atoms with E-state index in [4.69, 9.17) is 4.74 Å². The van der Waals surface area contributed by atoms with E-state index in [1.807, 2.05) is 43.3 Å². The number of rotatable bonds is 4. The minimum Gasteiger partial charge on any atom is -0.496 e. The van der Waals surface area contributed by atoms with E-state index in [0.717, 1.165) is 22.0 Å². The summed E-state index contributed by atoms with van der Waals surface area (Å²) in [5.41, 5.74) is 3.64. The number of aromatic nitrogens is 1. The molecule has 2 heterocycles. The van der Waals surface area contributed by atoms with Crippen molar-refractivity contribution in [2.45, 2.75) is 13.3 Å². The summed E-state index contributed by atoms with van der Waals surface area (Å²) in [7, 11) is 1.59. The van der Waals surface area contributed by atoms with Crippen LogP contribution in [-0.4, -0.2) is 23.9 Å². The number of aryl methyl sites for hydroxylation is 1. The summed E-state index contributed by atoms with van der Waals surface area (Å²) in [6, 6.07) is 14.9.